The first-order valence-electron chi connectivity index (χ1n) is 6.58. The van der Waals surface area contributed by atoms with Gasteiger partial charge in [-0.05, 0) is 27.2 Å². The smallest absolute Gasteiger partial charge is 0.102 e. The van der Waals surface area contributed by atoms with Crippen LogP contribution in [0, 0.1) is 0 Å². The number of aryl methyl sites for hydroxylation is 2. The van der Waals surface area contributed by atoms with Crippen molar-refractivity contribution in [3.63, 3.8) is 0 Å². The average Bonchev–Trinajstić information content (AvgIpc) is 2.91. The molecule has 2 aromatic rings. The number of hydrogen-bond acceptors (Lipinski definition) is 4. The molecule has 6 nitrogen and oxygen atoms in total. The van der Waals surface area contributed by atoms with Crippen molar-refractivity contribution in [2.75, 3.05) is 5.32 Å². The lowest BCUT2D eigenvalue weighted by atomic mass is 10.1. The molecule has 0 bridgehead atoms. The number of rotatable bonds is 4. The molecule has 19 heavy (non-hydrogen) atoms. The van der Waals surface area contributed by atoms with Crippen molar-refractivity contribution in [3.05, 3.63) is 23.8 Å². The van der Waals surface area contributed by atoms with Crippen molar-refractivity contribution in [1.29, 1.82) is 0 Å². The topological polar surface area (TPSA) is 60.6 Å². The van der Waals surface area contributed by atoms with Crippen LogP contribution in [0.15, 0.2) is 12.4 Å². The number of nitrogens with zero attached hydrogens (tertiary/aromatic N) is 5. The highest BCUT2D eigenvalue weighted by atomic mass is 15.4. The van der Waals surface area contributed by atoms with E-state index < -0.39 is 0 Å². The molecule has 1 N–H and O–H groups in total. The van der Waals surface area contributed by atoms with E-state index in [2.05, 4.69) is 48.4 Å². The molecule has 0 aliphatic carbocycles. The predicted octanol–water partition coefficient (Wildman–Crippen LogP) is 1.94. The molecule has 2 rings (SSSR count). The monoisotopic (exact) mass is 262 g/mol. The molecule has 0 aliphatic rings. The summed E-state index contributed by atoms with van der Waals surface area (Å²) in [5.41, 5.74) is 3.04. The second-order valence-corrected chi connectivity index (χ2v) is 5.70. The van der Waals surface area contributed by atoms with E-state index in [1.54, 1.807) is 0 Å². The van der Waals surface area contributed by atoms with Gasteiger partial charge in [-0.25, -0.2) is 4.68 Å². The van der Waals surface area contributed by atoms with Crippen LogP contribution in [0.5, 0.6) is 0 Å². The molecule has 0 amide bonds. The van der Waals surface area contributed by atoms with Crippen LogP contribution < -0.4 is 5.32 Å². The molecule has 6 heteroatoms. The Morgan fingerprint density at radius 3 is 2.58 bits per heavy atom. The van der Waals surface area contributed by atoms with E-state index in [9.17, 15) is 0 Å². The average molecular weight is 262 g/mol. The van der Waals surface area contributed by atoms with E-state index in [4.69, 9.17) is 0 Å². The lowest BCUT2D eigenvalue weighted by molar-refractivity contribution is 0.347. The predicted molar refractivity (Wildman–Crippen MR) is 74.9 cm³/mol. The second-order valence-electron chi connectivity index (χ2n) is 5.70. The van der Waals surface area contributed by atoms with Crippen LogP contribution in [0.25, 0.3) is 0 Å². The van der Waals surface area contributed by atoms with E-state index in [1.807, 2.05) is 28.8 Å². The zero-order valence-corrected chi connectivity index (χ0v) is 12.3. The maximum absolute atomic E-state index is 4.40. The molecule has 0 radical (unpaired) electrons. The van der Waals surface area contributed by atoms with Gasteiger partial charge in [0.05, 0.1) is 29.7 Å². The molecule has 0 aromatic carbocycles. The van der Waals surface area contributed by atoms with Crippen molar-refractivity contribution >= 4 is 5.69 Å². The van der Waals surface area contributed by atoms with E-state index >= 15 is 0 Å². The Morgan fingerprint density at radius 2 is 2.00 bits per heavy atom. The van der Waals surface area contributed by atoms with Gasteiger partial charge in [-0.1, -0.05) is 12.1 Å². The highest BCUT2D eigenvalue weighted by molar-refractivity contribution is 5.46. The fourth-order valence-corrected chi connectivity index (χ4v) is 1.84. The number of nitrogens with one attached hydrogen (secondary N) is 1. The van der Waals surface area contributed by atoms with Crippen LogP contribution >= 0.6 is 0 Å². The van der Waals surface area contributed by atoms with Gasteiger partial charge < -0.3 is 5.32 Å². The summed E-state index contributed by atoms with van der Waals surface area (Å²) in [4.78, 5) is 0. The Balaban J connectivity index is 2.04. The normalized spacial score (nSPS) is 11.8. The summed E-state index contributed by atoms with van der Waals surface area (Å²) in [5, 5.41) is 16.1. The van der Waals surface area contributed by atoms with Gasteiger partial charge in [-0.3, -0.25) is 4.68 Å². The first-order valence-corrected chi connectivity index (χ1v) is 6.58. The summed E-state index contributed by atoms with van der Waals surface area (Å²) in [6.45, 7) is 9.08. The molecule has 0 spiro atoms. The summed E-state index contributed by atoms with van der Waals surface area (Å²) >= 11 is 0. The molecule has 104 valence electrons. The zero-order valence-electron chi connectivity index (χ0n) is 12.3. The summed E-state index contributed by atoms with van der Waals surface area (Å²) < 4.78 is 3.71. The Bertz CT molecular complexity index is 546. The minimum Gasteiger partial charge on any atom is -0.376 e. The molecule has 0 atom stereocenters. The quantitative estimate of drug-likeness (QED) is 0.914. The number of anilines is 1. The molecule has 2 heterocycles. The van der Waals surface area contributed by atoms with Crippen LogP contribution in [0.4, 0.5) is 5.69 Å². The van der Waals surface area contributed by atoms with E-state index in [0.29, 0.717) is 6.54 Å². The SMILES string of the molecule is CCc1nn(C)cc1NCc1cn(C(C)(C)C)nn1. The van der Waals surface area contributed by atoms with Crippen molar-refractivity contribution < 1.29 is 0 Å². The third kappa shape index (κ3) is 3.13. The fourth-order valence-electron chi connectivity index (χ4n) is 1.84. The second kappa shape index (κ2) is 5.03. The Morgan fingerprint density at radius 1 is 1.26 bits per heavy atom. The minimum atomic E-state index is -0.0336. The van der Waals surface area contributed by atoms with Crippen molar-refractivity contribution in [2.45, 2.75) is 46.2 Å². The standard InChI is InChI=1S/C13H22N6/c1-6-11-12(9-18(5)16-11)14-7-10-8-19(17-15-10)13(2,3)4/h8-9,14H,6-7H2,1-5H3. The van der Waals surface area contributed by atoms with Gasteiger partial charge in [-0.2, -0.15) is 5.10 Å². The maximum atomic E-state index is 4.40. The van der Waals surface area contributed by atoms with Crippen LogP contribution in [0.2, 0.25) is 0 Å². The highest BCUT2D eigenvalue weighted by Crippen LogP contribution is 2.16. The highest BCUT2D eigenvalue weighted by Gasteiger charge is 2.15. The third-order valence-corrected chi connectivity index (χ3v) is 2.93. The van der Waals surface area contributed by atoms with E-state index in [0.717, 1.165) is 23.5 Å². The van der Waals surface area contributed by atoms with Crippen LogP contribution in [-0.4, -0.2) is 24.8 Å². The van der Waals surface area contributed by atoms with Gasteiger partial charge in [0.1, 0.15) is 5.69 Å². The van der Waals surface area contributed by atoms with Gasteiger partial charge in [0.2, 0.25) is 0 Å². The summed E-state index contributed by atoms with van der Waals surface area (Å²) in [7, 11) is 1.93. The van der Waals surface area contributed by atoms with Crippen LogP contribution in [0.1, 0.15) is 39.1 Å². The minimum absolute atomic E-state index is 0.0336. The Hall–Kier alpha value is -1.85. The fraction of sp³-hybridized carbons (Fsp3) is 0.615. The maximum Gasteiger partial charge on any atom is 0.102 e. The Kier molecular flexibility index (Phi) is 3.59. The van der Waals surface area contributed by atoms with Gasteiger partial charge in [0.25, 0.3) is 0 Å². The molecular weight excluding hydrogens is 240 g/mol. The van der Waals surface area contributed by atoms with Crippen LogP contribution in [0.3, 0.4) is 0 Å². The first kappa shape index (κ1) is 13.6. The molecule has 0 fully saturated rings. The molecule has 0 aliphatic heterocycles. The Labute approximate surface area is 113 Å². The number of hydrogen-bond donors (Lipinski definition) is 1. The summed E-state index contributed by atoms with van der Waals surface area (Å²) in [5.74, 6) is 0. The molecule has 0 saturated heterocycles. The molecule has 2 aromatic heterocycles. The molecular formula is C13H22N6. The zero-order chi connectivity index (χ0) is 14.0. The lowest BCUT2D eigenvalue weighted by Gasteiger charge is -2.17. The molecule has 0 unspecified atom stereocenters. The van der Waals surface area contributed by atoms with Gasteiger partial charge in [0, 0.05) is 13.2 Å². The van der Waals surface area contributed by atoms with Gasteiger partial charge >= 0.3 is 0 Å². The lowest BCUT2D eigenvalue weighted by Crippen LogP contribution is -2.22. The van der Waals surface area contributed by atoms with Gasteiger partial charge in [0.15, 0.2) is 0 Å². The summed E-state index contributed by atoms with van der Waals surface area (Å²) in [6, 6.07) is 0. The summed E-state index contributed by atoms with van der Waals surface area (Å²) in [6.07, 6.45) is 4.89. The molecule has 0 saturated carbocycles. The largest absolute Gasteiger partial charge is 0.376 e. The van der Waals surface area contributed by atoms with E-state index in [1.165, 1.54) is 0 Å². The van der Waals surface area contributed by atoms with Crippen molar-refractivity contribution in [2.24, 2.45) is 7.05 Å². The van der Waals surface area contributed by atoms with Crippen LogP contribution in [-0.2, 0) is 25.6 Å². The van der Waals surface area contributed by atoms with Gasteiger partial charge in [-0.15, -0.1) is 5.10 Å². The van der Waals surface area contributed by atoms with Crippen molar-refractivity contribution in [1.82, 2.24) is 24.8 Å². The number of aromatic nitrogens is 5. The third-order valence-electron chi connectivity index (χ3n) is 2.93. The van der Waals surface area contributed by atoms with E-state index in [-0.39, 0.29) is 5.54 Å². The first-order chi connectivity index (χ1) is 8.90. The van der Waals surface area contributed by atoms with Crippen molar-refractivity contribution in [3.8, 4) is 0 Å².